The van der Waals surface area contributed by atoms with Gasteiger partial charge in [-0.3, -0.25) is 9.59 Å². The maximum absolute atomic E-state index is 13.7. The number of halogens is 4. The summed E-state index contributed by atoms with van der Waals surface area (Å²) >= 11 is 6.58. The van der Waals surface area contributed by atoms with Gasteiger partial charge in [0.05, 0.1) is 5.56 Å². The van der Waals surface area contributed by atoms with Crippen molar-refractivity contribution in [3.05, 3.63) is 123 Å². The van der Waals surface area contributed by atoms with E-state index in [1.807, 2.05) is 30.3 Å². The Labute approximate surface area is 223 Å². The second-order valence-electron chi connectivity index (χ2n) is 9.48. The lowest BCUT2D eigenvalue weighted by atomic mass is 9.71. The highest BCUT2D eigenvalue weighted by atomic mass is 35.5. The molecule has 0 radical (unpaired) electrons. The maximum Gasteiger partial charge on any atom is 0.416 e. The van der Waals surface area contributed by atoms with Crippen LogP contribution in [0.3, 0.4) is 0 Å². The highest BCUT2D eigenvalue weighted by Gasteiger charge is 2.41. The first-order chi connectivity index (χ1) is 18.1. The molecule has 8 heteroatoms. The zero-order chi connectivity index (χ0) is 27.0. The highest BCUT2D eigenvalue weighted by Crippen LogP contribution is 2.47. The first kappa shape index (κ1) is 25.8. The number of dihydropyridines is 1. The summed E-state index contributed by atoms with van der Waals surface area (Å²) in [6.07, 6.45) is -3.70. The maximum atomic E-state index is 13.7. The molecule has 3 aromatic rings. The summed E-state index contributed by atoms with van der Waals surface area (Å²) in [7, 11) is 0. The van der Waals surface area contributed by atoms with Crippen LogP contribution in [0.25, 0.3) is 0 Å². The Bertz CT molecular complexity index is 1480. The van der Waals surface area contributed by atoms with Crippen molar-refractivity contribution in [1.29, 1.82) is 0 Å². The molecule has 38 heavy (non-hydrogen) atoms. The van der Waals surface area contributed by atoms with Crippen molar-refractivity contribution in [3.8, 4) is 0 Å². The minimum absolute atomic E-state index is 0.00178. The van der Waals surface area contributed by atoms with E-state index in [4.69, 9.17) is 11.6 Å². The fraction of sp³-hybridized carbons (Fsp3) is 0.200. The van der Waals surface area contributed by atoms with Crippen LogP contribution in [0.4, 0.5) is 18.9 Å². The number of hydrogen-bond acceptors (Lipinski definition) is 3. The molecule has 1 aliphatic carbocycles. The van der Waals surface area contributed by atoms with Gasteiger partial charge in [-0.2, -0.15) is 13.2 Å². The van der Waals surface area contributed by atoms with Crippen molar-refractivity contribution >= 4 is 29.0 Å². The number of benzene rings is 3. The van der Waals surface area contributed by atoms with E-state index in [2.05, 4.69) is 10.6 Å². The number of rotatable bonds is 4. The van der Waals surface area contributed by atoms with Crippen molar-refractivity contribution in [2.45, 2.75) is 37.8 Å². The Morgan fingerprint density at radius 1 is 0.974 bits per heavy atom. The number of Topliss-reactive ketones (excluding diaryl/α,β-unsaturated/α-hetero) is 1. The quantitative estimate of drug-likeness (QED) is 0.366. The van der Waals surface area contributed by atoms with Crippen molar-refractivity contribution in [3.63, 3.8) is 0 Å². The van der Waals surface area contributed by atoms with Gasteiger partial charge in [-0.05, 0) is 54.7 Å². The average Bonchev–Trinajstić information content (AvgIpc) is 2.88. The molecule has 0 bridgehead atoms. The Morgan fingerprint density at radius 2 is 1.68 bits per heavy atom. The van der Waals surface area contributed by atoms with E-state index in [1.165, 1.54) is 12.1 Å². The van der Waals surface area contributed by atoms with Gasteiger partial charge < -0.3 is 10.6 Å². The molecule has 2 aliphatic rings. The van der Waals surface area contributed by atoms with Gasteiger partial charge in [0.25, 0.3) is 5.91 Å². The Hall–Kier alpha value is -3.84. The summed E-state index contributed by atoms with van der Waals surface area (Å²) in [6, 6.07) is 21.2. The lowest BCUT2D eigenvalue weighted by molar-refractivity contribution is -0.137. The number of carbonyl (C=O) groups is 2. The third kappa shape index (κ3) is 4.98. The highest BCUT2D eigenvalue weighted by molar-refractivity contribution is 6.31. The van der Waals surface area contributed by atoms with E-state index < -0.39 is 23.6 Å². The van der Waals surface area contributed by atoms with Gasteiger partial charge in [-0.1, -0.05) is 66.2 Å². The van der Waals surface area contributed by atoms with Crippen LogP contribution >= 0.6 is 11.6 Å². The molecule has 5 rings (SSSR count). The molecule has 0 fully saturated rings. The number of nitrogens with one attached hydrogen (secondary N) is 2. The number of allylic oxidation sites excluding steroid dienone is 3. The molecule has 2 N–H and O–H groups in total. The molecule has 0 saturated carbocycles. The van der Waals surface area contributed by atoms with Gasteiger partial charge in [0, 0.05) is 45.6 Å². The Balaban J connectivity index is 1.55. The summed E-state index contributed by atoms with van der Waals surface area (Å²) in [5, 5.41) is 6.27. The van der Waals surface area contributed by atoms with E-state index in [-0.39, 0.29) is 29.4 Å². The molecule has 0 spiro atoms. The van der Waals surface area contributed by atoms with E-state index in [0.717, 1.165) is 23.4 Å². The molecule has 1 heterocycles. The van der Waals surface area contributed by atoms with Crippen LogP contribution in [-0.4, -0.2) is 11.7 Å². The first-order valence-corrected chi connectivity index (χ1v) is 12.5. The monoisotopic (exact) mass is 536 g/mol. The summed E-state index contributed by atoms with van der Waals surface area (Å²) in [6.45, 7) is 1.73. The third-order valence-corrected chi connectivity index (χ3v) is 7.35. The molecule has 2 atom stereocenters. The molecule has 1 aliphatic heterocycles. The Morgan fingerprint density at radius 3 is 2.39 bits per heavy atom. The van der Waals surface area contributed by atoms with Gasteiger partial charge in [-0.15, -0.1) is 0 Å². The number of amides is 1. The second-order valence-corrected chi connectivity index (χ2v) is 9.89. The van der Waals surface area contributed by atoms with Crippen molar-refractivity contribution in [1.82, 2.24) is 5.32 Å². The average molecular weight is 537 g/mol. The molecule has 194 valence electrons. The zero-order valence-corrected chi connectivity index (χ0v) is 21.2. The number of alkyl halides is 3. The summed E-state index contributed by atoms with van der Waals surface area (Å²) in [5.41, 5.74) is 2.71. The van der Waals surface area contributed by atoms with Gasteiger partial charge in [-0.25, -0.2) is 0 Å². The van der Waals surface area contributed by atoms with Crippen molar-refractivity contribution < 1.29 is 22.8 Å². The Kier molecular flexibility index (Phi) is 6.88. The topological polar surface area (TPSA) is 58.2 Å². The molecular weight excluding hydrogens is 513 g/mol. The standard InChI is InChI=1S/C30H24ClF3N2O2/c1-17-26(29(38)36-21-11-7-10-20(16-21)30(32,33)34)27(22-12-5-6-13-23(22)31)28-24(35-17)14-19(15-25(28)37)18-8-3-2-4-9-18/h2-13,16,19,27,35H,14-15H2,1H3,(H,36,38). The van der Waals surface area contributed by atoms with Gasteiger partial charge in [0.1, 0.15) is 0 Å². The minimum atomic E-state index is -4.55. The second kappa shape index (κ2) is 10.1. The van der Waals surface area contributed by atoms with E-state index in [0.29, 0.717) is 28.3 Å². The summed E-state index contributed by atoms with van der Waals surface area (Å²) in [5.74, 6) is -1.50. The number of ketones is 1. The lowest BCUT2D eigenvalue weighted by Crippen LogP contribution is -2.37. The van der Waals surface area contributed by atoms with Crippen LogP contribution in [0.1, 0.15) is 48.3 Å². The summed E-state index contributed by atoms with van der Waals surface area (Å²) in [4.78, 5) is 27.3. The fourth-order valence-corrected chi connectivity index (χ4v) is 5.54. The van der Waals surface area contributed by atoms with Crippen LogP contribution in [0.5, 0.6) is 0 Å². The van der Waals surface area contributed by atoms with Crippen LogP contribution in [0.2, 0.25) is 5.02 Å². The van der Waals surface area contributed by atoms with Crippen LogP contribution in [-0.2, 0) is 15.8 Å². The smallest absolute Gasteiger partial charge is 0.362 e. The normalized spacial score (nSPS) is 19.7. The van der Waals surface area contributed by atoms with Crippen molar-refractivity contribution in [2.75, 3.05) is 5.32 Å². The molecule has 0 saturated heterocycles. The van der Waals surface area contributed by atoms with E-state index in [1.54, 1.807) is 31.2 Å². The molecular formula is C30H24ClF3N2O2. The van der Waals surface area contributed by atoms with Gasteiger partial charge in [0.15, 0.2) is 5.78 Å². The number of carbonyl (C=O) groups excluding carboxylic acids is 2. The zero-order valence-electron chi connectivity index (χ0n) is 20.4. The van der Waals surface area contributed by atoms with Gasteiger partial charge in [0.2, 0.25) is 0 Å². The number of hydrogen-bond donors (Lipinski definition) is 2. The lowest BCUT2D eigenvalue weighted by Gasteiger charge is -2.37. The van der Waals surface area contributed by atoms with Crippen molar-refractivity contribution in [2.24, 2.45) is 0 Å². The summed E-state index contributed by atoms with van der Waals surface area (Å²) < 4.78 is 39.7. The van der Waals surface area contributed by atoms with Gasteiger partial charge >= 0.3 is 6.18 Å². The van der Waals surface area contributed by atoms with E-state index >= 15 is 0 Å². The molecule has 3 aromatic carbocycles. The van der Waals surface area contributed by atoms with Crippen LogP contribution in [0, 0.1) is 0 Å². The van der Waals surface area contributed by atoms with Crippen LogP contribution in [0.15, 0.2) is 101 Å². The predicted molar refractivity (Wildman–Crippen MR) is 141 cm³/mol. The minimum Gasteiger partial charge on any atom is -0.362 e. The fourth-order valence-electron chi connectivity index (χ4n) is 5.29. The number of anilines is 1. The van der Waals surface area contributed by atoms with E-state index in [9.17, 15) is 22.8 Å². The first-order valence-electron chi connectivity index (χ1n) is 12.2. The molecule has 0 aromatic heterocycles. The molecule has 2 unspecified atom stereocenters. The largest absolute Gasteiger partial charge is 0.416 e. The predicted octanol–water partition coefficient (Wildman–Crippen LogP) is 7.36. The molecule has 4 nitrogen and oxygen atoms in total. The van der Waals surface area contributed by atoms with Crippen LogP contribution < -0.4 is 10.6 Å². The SMILES string of the molecule is CC1=C(C(=O)Nc2cccc(C(F)(F)F)c2)C(c2ccccc2Cl)C2=C(CC(c3ccccc3)CC2=O)N1. The molecule has 1 amide bonds. The third-order valence-electron chi connectivity index (χ3n) is 7.01.